The van der Waals surface area contributed by atoms with Gasteiger partial charge in [-0.2, -0.15) is 0 Å². The van der Waals surface area contributed by atoms with Crippen LogP contribution in [0.4, 0.5) is 0 Å². The number of carbonyl (C=O) groups excluding carboxylic acids is 1. The maximum absolute atomic E-state index is 12.1. The average molecular weight is 312 g/mol. The third kappa shape index (κ3) is 3.66. The number of aromatic nitrogens is 1. The quantitative estimate of drug-likeness (QED) is 0.784. The standard InChI is InChI=1S/C15H21N3O2.ClH/c19-14(17-9-11-5-3-7-16-11)12-8-10-4-1-2-6-13(10)18-15(12)20;/h8,11,16H,1-7,9H2,(H,17,19)(H,18,20);1H. The minimum Gasteiger partial charge on any atom is -0.350 e. The Morgan fingerprint density at radius 2 is 2.10 bits per heavy atom. The highest BCUT2D eigenvalue weighted by atomic mass is 35.5. The lowest BCUT2D eigenvalue weighted by Crippen LogP contribution is -2.39. The van der Waals surface area contributed by atoms with Gasteiger partial charge in [0.25, 0.3) is 11.5 Å². The molecular formula is C15H22ClN3O2. The first kappa shape index (κ1) is 16.0. The molecule has 1 saturated heterocycles. The number of H-pyrrole nitrogens is 1. The molecule has 1 aliphatic heterocycles. The first-order chi connectivity index (χ1) is 9.74. The van der Waals surface area contributed by atoms with E-state index in [0.717, 1.165) is 56.3 Å². The van der Waals surface area contributed by atoms with Gasteiger partial charge < -0.3 is 15.6 Å². The van der Waals surface area contributed by atoms with E-state index < -0.39 is 0 Å². The molecule has 1 aromatic rings. The number of carbonyl (C=O) groups is 1. The molecule has 3 rings (SSSR count). The summed E-state index contributed by atoms with van der Waals surface area (Å²) >= 11 is 0. The monoisotopic (exact) mass is 311 g/mol. The fraction of sp³-hybridized carbons (Fsp3) is 0.600. The lowest BCUT2D eigenvalue weighted by molar-refractivity contribution is 0.0948. The first-order valence-electron chi connectivity index (χ1n) is 7.50. The molecule has 6 heteroatoms. The topological polar surface area (TPSA) is 74.0 Å². The van der Waals surface area contributed by atoms with Crippen molar-refractivity contribution < 1.29 is 4.79 Å². The molecule has 2 heterocycles. The van der Waals surface area contributed by atoms with Gasteiger partial charge in [-0.05, 0) is 56.7 Å². The van der Waals surface area contributed by atoms with E-state index in [2.05, 4.69) is 15.6 Å². The van der Waals surface area contributed by atoms with Crippen molar-refractivity contribution in [2.45, 2.75) is 44.6 Å². The van der Waals surface area contributed by atoms with Crippen molar-refractivity contribution >= 4 is 18.3 Å². The van der Waals surface area contributed by atoms with E-state index >= 15 is 0 Å². The SMILES string of the molecule is Cl.O=C(NCC1CCCN1)c1cc2c([nH]c1=O)CCCC2. The summed E-state index contributed by atoms with van der Waals surface area (Å²) in [4.78, 5) is 27.0. The molecule has 0 bridgehead atoms. The lowest BCUT2D eigenvalue weighted by atomic mass is 9.95. The number of halogens is 1. The normalized spacial score (nSPS) is 20.5. The van der Waals surface area contributed by atoms with Crippen molar-refractivity contribution in [2.24, 2.45) is 0 Å². The van der Waals surface area contributed by atoms with Crippen LogP contribution in [0.3, 0.4) is 0 Å². The molecule has 1 fully saturated rings. The Kier molecular flexibility index (Phi) is 5.42. The van der Waals surface area contributed by atoms with Gasteiger partial charge >= 0.3 is 0 Å². The summed E-state index contributed by atoms with van der Waals surface area (Å²) in [5.41, 5.74) is 2.13. The number of amides is 1. The van der Waals surface area contributed by atoms with Gasteiger partial charge in [-0.1, -0.05) is 0 Å². The summed E-state index contributed by atoms with van der Waals surface area (Å²) in [5.74, 6) is -0.256. The van der Waals surface area contributed by atoms with Crippen LogP contribution in [0.2, 0.25) is 0 Å². The van der Waals surface area contributed by atoms with E-state index in [-0.39, 0.29) is 29.4 Å². The van der Waals surface area contributed by atoms with Gasteiger partial charge in [-0.25, -0.2) is 0 Å². The Morgan fingerprint density at radius 3 is 2.86 bits per heavy atom. The number of nitrogens with one attached hydrogen (secondary N) is 3. The van der Waals surface area contributed by atoms with Gasteiger partial charge in [0.2, 0.25) is 0 Å². The second-order valence-corrected chi connectivity index (χ2v) is 5.73. The zero-order valence-electron chi connectivity index (χ0n) is 12.0. The molecule has 0 saturated carbocycles. The molecule has 21 heavy (non-hydrogen) atoms. The molecule has 1 aromatic heterocycles. The molecule has 1 unspecified atom stereocenters. The van der Waals surface area contributed by atoms with Crippen LogP contribution in [-0.2, 0) is 12.8 Å². The summed E-state index contributed by atoms with van der Waals surface area (Å²) in [7, 11) is 0. The smallest absolute Gasteiger partial charge is 0.261 e. The van der Waals surface area contributed by atoms with Crippen LogP contribution < -0.4 is 16.2 Å². The van der Waals surface area contributed by atoms with E-state index in [0.29, 0.717) is 12.6 Å². The van der Waals surface area contributed by atoms with Crippen LogP contribution in [0.1, 0.15) is 47.3 Å². The van der Waals surface area contributed by atoms with Crippen LogP contribution >= 0.6 is 12.4 Å². The van der Waals surface area contributed by atoms with Gasteiger partial charge in [0, 0.05) is 18.3 Å². The van der Waals surface area contributed by atoms with Gasteiger partial charge in [-0.15, -0.1) is 12.4 Å². The Morgan fingerprint density at radius 1 is 1.29 bits per heavy atom. The second kappa shape index (κ2) is 7.09. The maximum Gasteiger partial charge on any atom is 0.261 e. The van der Waals surface area contributed by atoms with E-state index in [1.807, 2.05) is 0 Å². The molecule has 2 aliphatic rings. The van der Waals surface area contributed by atoms with E-state index in [1.165, 1.54) is 0 Å². The fourth-order valence-corrected chi connectivity index (χ4v) is 3.09. The van der Waals surface area contributed by atoms with Crippen LogP contribution in [0.25, 0.3) is 0 Å². The molecule has 1 atom stereocenters. The van der Waals surface area contributed by atoms with Gasteiger partial charge in [-0.3, -0.25) is 9.59 Å². The van der Waals surface area contributed by atoms with Gasteiger partial charge in [0.1, 0.15) is 5.56 Å². The number of aromatic amines is 1. The van der Waals surface area contributed by atoms with Crippen molar-refractivity contribution in [3.05, 3.63) is 33.2 Å². The molecule has 3 N–H and O–H groups in total. The van der Waals surface area contributed by atoms with Crippen molar-refractivity contribution in [1.82, 2.24) is 15.6 Å². The molecule has 0 spiro atoms. The largest absolute Gasteiger partial charge is 0.350 e. The number of rotatable bonds is 3. The zero-order valence-corrected chi connectivity index (χ0v) is 12.9. The molecule has 5 nitrogen and oxygen atoms in total. The molecule has 1 aliphatic carbocycles. The lowest BCUT2D eigenvalue weighted by Gasteiger charge is -2.16. The highest BCUT2D eigenvalue weighted by Gasteiger charge is 2.19. The van der Waals surface area contributed by atoms with Crippen LogP contribution in [0.15, 0.2) is 10.9 Å². The summed E-state index contributed by atoms with van der Waals surface area (Å²) in [6.45, 7) is 1.61. The Labute approximate surface area is 130 Å². The third-order valence-electron chi connectivity index (χ3n) is 4.25. The zero-order chi connectivity index (χ0) is 13.9. The van der Waals surface area contributed by atoms with Crippen LogP contribution in [0.5, 0.6) is 0 Å². The van der Waals surface area contributed by atoms with Crippen molar-refractivity contribution in [3.63, 3.8) is 0 Å². The second-order valence-electron chi connectivity index (χ2n) is 5.73. The number of hydrogen-bond donors (Lipinski definition) is 3. The van der Waals surface area contributed by atoms with Crippen molar-refractivity contribution in [1.29, 1.82) is 0 Å². The predicted octanol–water partition coefficient (Wildman–Crippen LogP) is 1.16. The Bertz CT molecular complexity index is 565. The minimum atomic E-state index is -0.262. The number of fused-ring (bicyclic) bond motifs is 1. The van der Waals surface area contributed by atoms with Gasteiger partial charge in [0.05, 0.1) is 0 Å². The first-order valence-corrected chi connectivity index (χ1v) is 7.50. The average Bonchev–Trinajstić information content (AvgIpc) is 2.97. The fourth-order valence-electron chi connectivity index (χ4n) is 3.09. The number of pyridine rings is 1. The van der Waals surface area contributed by atoms with Crippen LogP contribution in [-0.4, -0.2) is 30.0 Å². The van der Waals surface area contributed by atoms with E-state index in [9.17, 15) is 9.59 Å². The maximum atomic E-state index is 12.1. The Hall–Kier alpha value is -1.33. The highest BCUT2D eigenvalue weighted by molar-refractivity contribution is 5.94. The summed E-state index contributed by atoms with van der Waals surface area (Å²) < 4.78 is 0. The van der Waals surface area contributed by atoms with Crippen molar-refractivity contribution in [3.8, 4) is 0 Å². The number of aryl methyl sites for hydroxylation is 2. The highest BCUT2D eigenvalue weighted by Crippen LogP contribution is 2.18. The van der Waals surface area contributed by atoms with E-state index in [1.54, 1.807) is 6.07 Å². The summed E-state index contributed by atoms with van der Waals surface area (Å²) in [5, 5.41) is 6.19. The third-order valence-corrected chi connectivity index (χ3v) is 4.25. The van der Waals surface area contributed by atoms with E-state index in [4.69, 9.17) is 0 Å². The number of hydrogen-bond acceptors (Lipinski definition) is 3. The minimum absolute atomic E-state index is 0. The summed E-state index contributed by atoms with van der Waals surface area (Å²) in [6.07, 6.45) is 6.35. The van der Waals surface area contributed by atoms with Crippen molar-refractivity contribution in [2.75, 3.05) is 13.1 Å². The predicted molar refractivity (Wildman–Crippen MR) is 84.3 cm³/mol. The van der Waals surface area contributed by atoms with Crippen LogP contribution in [0, 0.1) is 0 Å². The summed E-state index contributed by atoms with van der Waals surface area (Å²) in [6, 6.07) is 2.13. The molecule has 116 valence electrons. The molecular weight excluding hydrogens is 290 g/mol. The Balaban J connectivity index is 0.00000161. The molecule has 0 radical (unpaired) electrons. The molecule has 1 amide bonds. The van der Waals surface area contributed by atoms with Gasteiger partial charge in [0.15, 0.2) is 0 Å². The molecule has 0 aromatic carbocycles.